The van der Waals surface area contributed by atoms with Crippen LogP contribution in [0.15, 0.2) is 90.2 Å². The van der Waals surface area contributed by atoms with Crippen molar-refractivity contribution < 1.29 is 14.3 Å². The molecule has 4 rings (SSSR count). The second-order valence-corrected chi connectivity index (χ2v) is 8.32. The molecule has 186 valence electrons. The van der Waals surface area contributed by atoms with Crippen molar-refractivity contribution >= 4 is 29.1 Å². The lowest BCUT2D eigenvalue weighted by Crippen LogP contribution is -2.33. The zero-order chi connectivity index (χ0) is 26.0. The third kappa shape index (κ3) is 6.41. The van der Waals surface area contributed by atoms with Crippen LogP contribution in [0.3, 0.4) is 0 Å². The molecule has 1 atom stereocenters. The number of hydrazone groups is 1. The molecule has 0 fully saturated rings. The van der Waals surface area contributed by atoms with Crippen LogP contribution in [0, 0.1) is 11.3 Å². The number of alkyl carbamates (subject to hydrolysis) is 1. The average molecular weight is 494 g/mol. The number of carbonyl (C=O) groups excluding carboxylic acids is 2. The third-order valence-electron chi connectivity index (χ3n) is 5.85. The molecule has 4 aromatic rings. The zero-order valence-electron chi connectivity index (χ0n) is 20.4. The van der Waals surface area contributed by atoms with Gasteiger partial charge in [-0.05, 0) is 30.2 Å². The summed E-state index contributed by atoms with van der Waals surface area (Å²) < 4.78 is 7.04. The fourth-order valence-electron chi connectivity index (χ4n) is 4.12. The number of benzene rings is 3. The van der Waals surface area contributed by atoms with Crippen LogP contribution in [0.1, 0.15) is 41.6 Å². The van der Waals surface area contributed by atoms with Gasteiger partial charge < -0.3 is 14.6 Å². The summed E-state index contributed by atoms with van der Waals surface area (Å²) in [5.74, 6) is -0.353. The molecular weight excluding hydrogens is 466 g/mol. The number of rotatable bonds is 9. The molecular formula is C29H27N5O3. The van der Waals surface area contributed by atoms with E-state index in [0.29, 0.717) is 12.1 Å². The van der Waals surface area contributed by atoms with Gasteiger partial charge in [0.2, 0.25) is 5.91 Å². The number of carbonyl (C=O) groups is 2. The lowest BCUT2D eigenvalue weighted by molar-refractivity contribution is -0.121. The van der Waals surface area contributed by atoms with Gasteiger partial charge in [-0.2, -0.15) is 10.4 Å². The minimum Gasteiger partial charge on any atom is -0.450 e. The summed E-state index contributed by atoms with van der Waals surface area (Å²) in [5, 5.41) is 17.3. The Balaban J connectivity index is 1.48. The van der Waals surface area contributed by atoms with Crippen LogP contribution in [-0.2, 0) is 16.1 Å². The molecule has 0 spiro atoms. The van der Waals surface area contributed by atoms with E-state index < -0.39 is 12.1 Å². The van der Waals surface area contributed by atoms with Crippen molar-refractivity contribution in [2.75, 3.05) is 6.61 Å². The molecule has 3 aromatic carbocycles. The smallest absolute Gasteiger partial charge is 0.407 e. The number of nitriles is 1. The highest BCUT2D eigenvalue weighted by atomic mass is 16.5. The second kappa shape index (κ2) is 12.2. The number of hydrogen-bond acceptors (Lipinski definition) is 5. The maximum absolute atomic E-state index is 12.7. The van der Waals surface area contributed by atoms with Crippen molar-refractivity contribution in [3.63, 3.8) is 0 Å². The molecule has 37 heavy (non-hydrogen) atoms. The van der Waals surface area contributed by atoms with Gasteiger partial charge in [0, 0.05) is 29.2 Å². The largest absolute Gasteiger partial charge is 0.450 e. The van der Waals surface area contributed by atoms with Crippen LogP contribution in [0.5, 0.6) is 0 Å². The third-order valence-corrected chi connectivity index (χ3v) is 5.85. The van der Waals surface area contributed by atoms with Crippen LogP contribution in [0.25, 0.3) is 10.9 Å². The standard InChI is InChI=1S/C29H27N5O3/c1-2-37-29(36)32-26(21-10-4-3-5-11-21)16-28(35)33-31-18-24-20-34(27-15-9-8-14-25(24)27)19-23-13-7-6-12-22(23)17-30/h3-15,18,20,26H,2,16,19H2,1H3,(H,32,36)(H,33,35)/b31-18-/t26-/m0/s1. The molecule has 0 saturated carbocycles. The molecule has 0 unspecified atom stereocenters. The maximum Gasteiger partial charge on any atom is 0.407 e. The molecule has 8 nitrogen and oxygen atoms in total. The first-order chi connectivity index (χ1) is 18.1. The van der Waals surface area contributed by atoms with Gasteiger partial charge in [-0.3, -0.25) is 4.79 Å². The zero-order valence-corrected chi connectivity index (χ0v) is 20.4. The molecule has 1 aromatic heterocycles. The average Bonchev–Trinajstić information content (AvgIpc) is 3.26. The monoisotopic (exact) mass is 493 g/mol. The minimum absolute atomic E-state index is 0.00707. The number of hydrogen-bond donors (Lipinski definition) is 2. The molecule has 2 N–H and O–H groups in total. The number of amides is 2. The maximum atomic E-state index is 12.7. The first-order valence-corrected chi connectivity index (χ1v) is 11.9. The Hall–Kier alpha value is -4.90. The first-order valence-electron chi connectivity index (χ1n) is 11.9. The topological polar surface area (TPSA) is 109 Å². The van der Waals surface area contributed by atoms with E-state index in [1.54, 1.807) is 19.2 Å². The Kier molecular flexibility index (Phi) is 8.29. The van der Waals surface area contributed by atoms with Gasteiger partial charge in [0.05, 0.1) is 36.9 Å². The summed E-state index contributed by atoms with van der Waals surface area (Å²) in [7, 11) is 0. The van der Waals surface area contributed by atoms with Gasteiger partial charge in [0.1, 0.15) is 0 Å². The Bertz CT molecular complexity index is 1450. The van der Waals surface area contributed by atoms with E-state index in [1.807, 2.05) is 79.0 Å². The number of nitrogens with one attached hydrogen (secondary N) is 2. The van der Waals surface area contributed by atoms with Crippen LogP contribution >= 0.6 is 0 Å². The molecule has 0 aliphatic carbocycles. The summed E-state index contributed by atoms with van der Waals surface area (Å²) in [4.78, 5) is 24.7. The van der Waals surface area contributed by atoms with E-state index in [-0.39, 0.29) is 18.9 Å². The van der Waals surface area contributed by atoms with Crippen molar-refractivity contribution in [2.45, 2.75) is 25.9 Å². The van der Waals surface area contributed by atoms with Gasteiger partial charge in [0.25, 0.3) is 0 Å². The van der Waals surface area contributed by atoms with Crippen LogP contribution in [0.2, 0.25) is 0 Å². The highest BCUT2D eigenvalue weighted by Crippen LogP contribution is 2.22. The summed E-state index contributed by atoms with van der Waals surface area (Å²) in [6.07, 6.45) is 2.96. The van der Waals surface area contributed by atoms with Crippen LogP contribution in [-0.4, -0.2) is 29.4 Å². The summed E-state index contributed by atoms with van der Waals surface area (Å²) in [6, 6.07) is 26.3. The van der Waals surface area contributed by atoms with E-state index in [1.165, 1.54) is 0 Å². The van der Waals surface area contributed by atoms with Crippen molar-refractivity contribution in [3.05, 3.63) is 107 Å². The predicted molar refractivity (Wildman–Crippen MR) is 142 cm³/mol. The number of nitrogens with zero attached hydrogens (tertiary/aromatic N) is 3. The van der Waals surface area contributed by atoms with Crippen LogP contribution < -0.4 is 10.7 Å². The van der Waals surface area contributed by atoms with E-state index in [4.69, 9.17) is 4.74 Å². The minimum atomic E-state index is -0.585. The molecule has 0 aliphatic heterocycles. The molecule has 0 saturated heterocycles. The van der Waals surface area contributed by atoms with Crippen molar-refractivity contribution in [2.24, 2.45) is 5.10 Å². The predicted octanol–water partition coefficient (Wildman–Crippen LogP) is 4.89. The van der Waals surface area contributed by atoms with Gasteiger partial charge >= 0.3 is 6.09 Å². The Morgan fingerprint density at radius 2 is 1.78 bits per heavy atom. The normalized spacial score (nSPS) is 11.7. The van der Waals surface area contributed by atoms with Gasteiger partial charge in [0.15, 0.2) is 0 Å². The van der Waals surface area contributed by atoms with Gasteiger partial charge in [-0.25, -0.2) is 10.2 Å². The van der Waals surface area contributed by atoms with Crippen molar-refractivity contribution in [1.29, 1.82) is 5.26 Å². The van der Waals surface area contributed by atoms with E-state index in [9.17, 15) is 14.9 Å². The molecule has 8 heteroatoms. The van der Waals surface area contributed by atoms with Crippen molar-refractivity contribution in [1.82, 2.24) is 15.3 Å². The number of fused-ring (bicyclic) bond motifs is 1. The quantitative estimate of drug-likeness (QED) is 0.256. The molecule has 0 bridgehead atoms. The molecule has 0 aliphatic rings. The van der Waals surface area contributed by atoms with Gasteiger partial charge in [-0.15, -0.1) is 0 Å². The summed E-state index contributed by atoms with van der Waals surface area (Å²) in [5.41, 5.74) is 6.72. The van der Waals surface area contributed by atoms with E-state index in [0.717, 1.165) is 27.6 Å². The highest BCUT2D eigenvalue weighted by molar-refractivity contribution is 5.99. The molecule has 2 amide bonds. The Labute approximate surface area is 215 Å². The fraction of sp³-hybridized carbons (Fsp3) is 0.172. The van der Waals surface area contributed by atoms with E-state index in [2.05, 4.69) is 26.5 Å². The van der Waals surface area contributed by atoms with Gasteiger partial charge in [-0.1, -0.05) is 66.7 Å². The lowest BCUT2D eigenvalue weighted by atomic mass is 10.0. The van der Waals surface area contributed by atoms with E-state index >= 15 is 0 Å². The SMILES string of the molecule is CCOC(=O)N[C@@H](CC(=O)N/N=C\c1cn(Cc2ccccc2C#N)c2ccccc12)c1ccccc1. The fourth-order valence-corrected chi connectivity index (χ4v) is 4.12. The Morgan fingerprint density at radius 1 is 1.05 bits per heavy atom. The summed E-state index contributed by atoms with van der Waals surface area (Å²) in [6.45, 7) is 2.49. The Morgan fingerprint density at radius 3 is 2.57 bits per heavy atom. The molecule has 0 radical (unpaired) electrons. The number of ether oxygens (including phenoxy) is 1. The number of para-hydroxylation sites is 1. The first kappa shape index (κ1) is 25.2. The lowest BCUT2D eigenvalue weighted by Gasteiger charge is -2.18. The summed E-state index contributed by atoms with van der Waals surface area (Å²) >= 11 is 0. The highest BCUT2D eigenvalue weighted by Gasteiger charge is 2.19. The van der Waals surface area contributed by atoms with Crippen LogP contribution in [0.4, 0.5) is 4.79 Å². The molecule has 1 heterocycles. The number of aromatic nitrogens is 1. The van der Waals surface area contributed by atoms with Crippen molar-refractivity contribution in [3.8, 4) is 6.07 Å². The second-order valence-electron chi connectivity index (χ2n) is 8.32.